The average molecular weight is 620 g/mol. The van der Waals surface area contributed by atoms with Crippen LogP contribution in [0.3, 0.4) is 0 Å². The molecule has 240 valence electrons. The molecule has 0 spiro atoms. The molecule has 3 fully saturated rings. The average Bonchev–Trinajstić information content (AvgIpc) is 3.69. The summed E-state index contributed by atoms with van der Waals surface area (Å²) in [6.07, 6.45) is -2.56. The van der Waals surface area contributed by atoms with E-state index < -0.39 is 30.3 Å². The second-order valence-corrected chi connectivity index (χ2v) is 11.7. The molecular formula is C32H40F3N3O6. The molecule has 3 saturated heterocycles. The summed E-state index contributed by atoms with van der Waals surface area (Å²) in [5.41, 5.74) is 3.37. The molecule has 0 unspecified atom stereocenters. The zero-order valence-electron chi connectivity index (χ0n) is 24.8. The molecule has 3 aliphatic rings. The van der Waals surface area contributed by atoms with Crippen LogP contribution in [0.15, 0.2) is 48.5 Å². The van der Waals surface area contributed by atoms with Gasteiger partial charge in [0.05, 0.1) is 25.4 Å². The maximum atomic E-state index is 12.9. The number of aliphatic hydroxyl groups is 1. The van der Waals surface area contributed by atoms with Gasteiger partial charge in [-0.15, -0.1) is 0 Å². The minimum Gasteiger partial charge on any atom is -0.392 e. The van der Waals surface area contributed by atoms with Crippen LogP contribution in [0.1, 0.15) is 66.8 Å². The number of carbonyl (C=O) groups excluding carboxylic acids is 2. The smallest absolute Gasteiger partial charge is 0.392 e. The maximum Gasteiger partial charge on any atom is 0.471 e. The van der Waals surface area contributed by atoms with Crippen LogP contribution in [-0.4, -0.2) is 84.4 Å². The normalized spacial score (nSPS) is 26.2. The van der Waals surface area contributed by atoms with Crippen molar-refractivity contribution < 1.29 is 42.1 Å². The molecule has 2 aromatic rings. The third-order valence-corrected chi connectivity index (χ3v) is 8.69. The molecule has 2 aromatic carbocycles. The van der Waals surface area contributed by atoms with E-state index in [2.05, 4.69) is 10.2 Å². The van der Waals surface area contributed by atoms with Gasteiger partial charge >= 0.3 is 12.1 Å². The fourth-order valence-corrected chi connectivity index (χ4v) is 6.36. The number of nitrogens with one attached hydrogen (secondary N) is 1. The van der Waals surface area contributed by atoms with Gasteiger partial charge in [0, 0.05) is 44.8 Å². The van der Waals surface area contributed by atoms with Crippen molar-refractivity contribution in [2.45, 2.75) is 82.0 Å². The second kappa shape index (κ2) is 14.4. The quantitative estimate of drug-likeness (QED) is 0.415. The molecule has 12 heteroatoms. The maximum absolute atomic E-state index is 12.9. The highest BCUT2D eigenvalue weighted by molar-refractivity contribution is 5.90. The van der Waals surface area contributed by atoms with E-state index in [1.54, 1.807) is 7.11 Å². The molecule has 2 amide bonds. The minimum absolute atomic E-state index is 0.0343. The number of methoxy groups -OCH3 is 1. The first kappa shape index (κ1) is 32.4. The van der Waals surface area contributed by atoms with Crippen LogP contribution in [0.25, 0.3) is 0 Å². The van der Waals surface area contributed by atoms with Gasteiger partial charge in [-0.1, -0.05) is 48.5 Å². The summed E-state index contributed by atoms with van der Waals surface area (Å²) in [7, 11) is 1.72. The van der Waals surface area contributed by atoms with Gasteiger partial charge < -0.3 is 29.5 Å². The predicted octanol–water partition coefficient (Wildman–Crippen LogP) is 4.00. The van der Waals surface area contributed by atoms with Crippen LogP contribution in [-0.2, 0) is 37.0 Å². The summed E-state index contributed by atoms with van der Waals surface area (Å²) in [5.74, 6) is -2.58. The van der Waals surface area contributed by atoms with Gasteiger partial charge in [-0.3, -0.25) is 14.5 Å². The first-order valence-corrected chi connectivity index (χ1v) is 15.1. The first-order valence-electron chi connectivity index (χ1n) is 15.1. The largest absolute Gasteiger partial charge is 0.471 e. The zero-order chi connectivity index (χ0) is 31.3. The number of aliphatic hydroxyl groups excluding tert-OH is 1. The number of hydrogen-bond donors (Lipinski definition) is 2. The summed E-state index contributed by atoms with van der Waals surface area (Å²) in [6.45, 7) is 2.39. The fraction of sp³-hybridized carbons (Fsp3) is 0.562. The van der Waals surface area contributed by atoms with E-state index >= 15 is 0 Å². The van der Waals surface area contributed by atoms with Crippen LogP contribution < -0.4 is 5.32 Å². The van der Waals surface area contributed by atoms with Crippen LogP contribution in [0, 0.1) is 0 Å². The summed E-state index contributed by atoms with van der Waals surface area (Å²) in [5, 5.41) is 12.1. The summed E-state index contributed by atoms with van der Waals surface area (Å²) in [4.78, 5) is 27.4. The van der Waals surface area contributed by atoms with Crippen molar-refractivity contribution in [1.82, 2.24) is 15.1 Å². The Labute approximate surface area is 255 Å². The van der Waals surface area contributed by atoms with Gasteiger partial charge in [0.2, 0.25) is 5.91 Å². The van der Waals surface area contributed by atoms with Gasteiger partial charge in [0.25, 0.3) is 0 Å². The van der Waals surface area contributed by atoms with Crippen molar-refractivity contribution in [1.29, 1.82) is 0 Å². The van der Waals surface area contributed by atoms with Crippen LogP contribution in [0.4, 0.5) is 13.2 Å². The van der Waals surface area contributed by atoms with E-state index in [1.807, 2.05) is 48.5 Å². The number of ether oxygens (including phenoxy) is 3. The number of halogens is 3. The highest BCUT2D eigenvalue weighted by Crippen LogP contribution is 2.39. The van der Waals surface area contributed by atoms with E-state index in [-0.39, 0.29) is 38.3 Å². The van der Waals surface area contributed by atoms with Gasteiger partial charge in [0.15, 0.2) is 6.29 Å². The topological polar surface area (TPSA) is 101 Å². The summed E-state index contributed by atoms with van der Waals surface area (Å²) in [6, 6.07) is 14.3. The number of nitrogens with zero attached hydrogens (tertiary/aromatic N) is 2. The SMILES string of the molecule is COC[C@@H]1CCCN1C[C@@H]1C[C@H](c2ccc(CO)cc2)O[C@H](c2ccc(CNC(=O)[C@@H]3CCCN3C(=O)C(F)(F)F)cc2)O1. The minimum atomic E-state index is -5.01. The number of carbonyl (C=O) groups is 2. The molecule has 0 radical (unpaired) electrons. The molecule has 0 aromatic heterocycles. The van der Waals surface area contributed by atoms with Crippen molar-refractivity contribution >= 4 is 11.8 Å². The number of hydrogen-bond acceptors (Lipinski definition) is 7. The lowest BCUT2D eigenvalue weighted by Gasteiger charge is -2.38. The number of benzene rings is 2. The van der Waals surface area contributed by atoms with Crippen LogP contribution >= 0.6 is 0 Å². The van der Waals surface area contributed by atoms with E-state index in [4.69, 9.17) is 14.2 Å². The molecule has 0 saturated carbocycles. The highest BCUT2D eigenvalue weighted by atomic mass is 19.4. The van der Waals surface area contributed by atoms with Crippen molar-refractivity contribution in [3.05, 3.63) is 70.8 Å². The third-order valence-electron chi connectivity index (χ3n) is 8.69. The van der Waals surface area contributed by atoms with Gasteiger partial charge in [0.1, 0.15) is 6.04 Å². The Bertz CT molecular complexity index is 1260. The number of amides is 2. The van der Waals surface area contributed by atoms with Crippen molar-refractivity contribution in [2.75, 3.05) is 33.4 Å². The zero-order valence-corrected chi connectivity index (χ0v) is 24.8. The van der Waals surface area contributed by atoms with Crippen molar-refractivity contribution in [3.8, 4) is 0 Å². The monoisotopic (exact) mass is 619 g/mol. The molecule has 9 nitrogen and oxygen atoms in total. The molecule has 3 aliphatic heterocycles. The van der Waals surface area contributed by atoms with E-state index in [9.17, 15) is 27.9 Å². The summed E-state index contributed by atoms with van der Waals surface area (Å²) >= 11 is 0. The number of rotatable bonds is 10. The van der Waals surface area contributed by atoms with Crippen molar-refractivity contribution in [2.24, 2.45) is 0 Å². The molecule has 2 N–H and O–H groups in total. The fourth-order valence-electron chi connectivity index (χ4n) is 6.36. The predicted molar refractivity (Wildman–Crippen MR) is 154 cm³/mol. The molecular weight excluding hydrogens is 579 g/mol. The Morgan fingerprint density at radius 1 is 0.977 bits per heavy atom. The second-order valence-electron chi connectivity index (χ2n) is 11.7. The molecule has 5 rings (SSSR count). The lowest BCUT2D eigenvalue weighted by atomic mass is 9.99. The van der Waals surface area contributed by atoms with Gasteiger partial charge in [-0.2, -0.15) is 13.2 Å². The Kier molecular flexibility index (Phi) is 10.6. The Morgan fingerprint density at radius 3 is 2.34 bits per heavy atom. The lowest BCUT2D eigenvalue weighted by Crippen LogP contribution is -2.50. The standard InChI is InChI=1S/C32H40F3N3O6/c1-42-20-25-4-2-14-37(25)18-26-16-28(23-10-8-22(19-39)9-11-23)44-30(43-26)24-12-6-21(7-13-24)17-36-29(40)27-5-3-15-38(27)31(41)32(33,34)35/h6-13,25-28,30,39H,2-5,14-20H2,1H3,(H,36,40)/t25-,26-,27-,28+,30+/m0/s1. The Morgan fingerprint density at radius 2 is 1.66 bits per heavy atom. The number of likely N-dealkylation sites (tertiary alicyclic amines) is 2. The van der Waals surface area contributed by atoms with Crippen LogP contribution in [0.2, 0.25) is 0 Å². The Hall–Kier alpha value is -3.03. The molecule has 0 bridgehead atoms. The van der Waals surface area contributed by atoms with Gasteiger partial charge in [-0.05, 0) is 48.9 Å². The lowest BCUT2D eigenvalue weighted by molar-refractivity contribution is -0.253. The van der Waals surface area contributed by atoms with Crippen LogP contribution in [0.5, 0.6) is 0 Å². The Balaban J connectivity index is 1.24. The van der Waals surface area contributed by atoms with E-state index in [0.717, 1.165) is 48.2 Å². The van der Waals surface area contributed by atoms with Crippen molar-refractivity contribution in [3.63, 3.8) is 0 Å². The number of alkyl halides is 3. The molecule has 5 atom stereocenters. The third kappa shape index (κ3) is 7.78. The van der Waals surface area contributed by atoms with E-state index in [0.29, 0.717) is 30.4 Å². The van der Waals surface area contributed by atoms with E-state index in [1.165, 1.54) is 0 Å². The van der Waals surface area contributed by atoms with Gasteiger partial charge in [-0.25, -0.2) is 0 Å². The summed E-state index contributed by atoms with van der Waals surface area (Å²) < 4.78 is 57.2. The molecule has 3 heterocycles. The molecule has 44 heavy (non-hydrogen) atoms. The first-order chi connectivity index (χ1) is 21.2. The highest BCUT2D eigenvalue weighted by Gasteiger charge is 2.47. The molecule has 0 aliphatic carbocycles.